The summed E-state index contributed by atoms with van der Waals surface area (Å²) in [7, 11) is 3.17. The van der Waals surface area contributed by atoms with Gasteiger partial charge in [-0.05, 0) is 31.5 Å². The molecule has 0 unspecified atom stereocenters. The van der Waals surface area contributed by atoms with E-state index in [1.807, 2.05) is 29.8 Å². The molecule has 25 heavy (non-hydrogen) atoms. The number of fused-ring (bicyclic) bond motifs is 1. The highest BCUT2D eigenvalue weighted by atomic mass is 16.5. The number of aryl methyl sites for hydroxylation is 2. The molecule has 0 spiro atoms. The first-order chi connectivity index (χ1) is 12.1. The summed E-state index contributed by atoms with van der Waals surface area (Å²) in [6.45, 7) is 4.87. The molecule has 6 nitrogen and oxygen atoms in total. The molecule has 3 rings (SSSR count). The van der Waals surface area contributed by atoms with Crippen LogP contribution in [-0.2, 0) is 6.54 Å². The second kappa shape index (κ2) is 7.01. The van der Waals surface area contributed by atoms with E-state index >= 15 is 0 Å². The van der Waals surface area contributed by atoms with Gasteiger partial charge in [-0.2, -0.15) is 5.10 Å². The third-order valence-electron chi connectivity index (χ3n) is 4.25. The first-order valence-corrected chi connectivity index (χ1v) is 8.41. The molecular formula is C19H23N3O3. The molecule has 0 bridgehead atoms. The standard InChI is InChI=1S/C19H23N3O3/c1-5-6-7-22-16(8-12(2)21-22)14-9-13-10-17(24-3)18(25-4)11-15(13)20-19(14)23/h8-11H,5-7H2,1-4H3,(H,20,23). The predicted octanol–water partition coefficient (Wildman–Crippen LogP) is 3.52. The Morgan fingerprint density at radius 2 is 1.84 bits per heavy atom. The van der Waals surface area contributed by atoms with Crippen molar-refractivity contribution in [2.75, 3.05) is 14.2 Å². The van der Waals surface area contributed by atoms with Crippen LogP contribution in [0.3, 0.4) is 0 Å². The fourth-order valence-electron chi connectivity index (χ4n) is 2.96. The fourth-order valence-corrected chi connectivity index (χ4v) is 2.96. The SMILES string of the molecule is CCCCn1nc(C)cc1-c1cc2cc(OC)c(OC)cc2[nH]c1=O. The van der Waals surface area contributed by atoms with Gasteiger partial charge in [0, 0.05) is 18.0 Å². The molecule has 0 saturated carbocycles. The van der Waals surface area contributed by atoms with Crippen LogP contribution in [0.5, 0.6) is 11.5 Å². The molecule has 1 N–H and O–H groups in total. The summed E-state index contributed by atoms with van der Waals surface area (Å²) in [5.41, 5.74) is 2.92. The first-order valence-electron chi connectivity index (χ1n) is 8.41. The van der Waals surface area contributed by atoms with Gasteiger partial charge in [0.15, 0.2) is 11.5 Å². The minimum absolute atomic E-state index is 0.141. The van der Waals surface area contributed by atoms with Gasteiger partial charge in [-0.25, -0.2) is 0 Å². The van der Waals surface area contributed by atoms with Crippen molar-refractivity contribution in [2.45, 2.75) is 33.2 Å². The maximum absolute atomic E-state index is 12.7. The monoisotopic (exact) mass is 341 g/mol. The Labute approximate surface area is 146 Å². The van der Waals surface area contributed by atoms with Gasteiger partial charge in [0.1, 0.15) is 0 Å². The van der Waals surface area contributed by atoms with Gasteiger partial charge >= 0.3 is 0 Å². The quantitative estimate of drug-likeness (QED) is 0.745. The Morgan fingerprint density at radius 3 is 2.52 bits per heavy atom. The maximum atomic E-state index is 12.7. The third kappa shape index (κ3) is 3.24. The molecule has 2 aromatic heterocycles. The number of hydrogen-bond donors (Lipinski definition) is 1. The molecule has 0 fully saturated rings. The molecule has 0 aliphatic rings. The zero-order valence-corrected chi connectivity index (χ0v) is 15.0. The summed E-state index contributed by atoms with van der Waals surface area (Å²) >= 11 is 0. The van der Waals surface area contributed by atoms with Crippen molar-refractivity contribution in [1.29, 1.82) is 0 Å². The number of rotatable bonds is 6. The van der Waals surface area contributed by atoms with E-state index in [9.17, 15) is 4.79 Å². The number of nitrogens with one attached hydrogen (secondary N) is 1. The Kier molecular flexibility index (Phi) is 4.79. The molecule has 0 saturated heterocycles. The van der Waals surface area contributed by atoms with Gasteiger partial charge in [0.2, 0.25) is 0 Å². The van der Waals surface area contributed by atoms with Crippen LogP contribution in [0, 0.1) is 6.92 Å². The second-order valence-electron chi connectivity index (χ2n) is 6.05. The topological polar surface area (TPSA) is 69.1 Å². The van der Waals surface area contributed by atoms with E-state index in [0.29, 0.717) is 22.6 Å². The lowest BCUT2D eigenvalue weighted by atomic mass is 10.1. The highest BCUT2D eigenvalue weighted by Crippen LogP contribution is 2.32. The summed E-state index contributed by atoms with van der Waals surface area (Å²) in [4.78, 5) is 15.6. The highest BCUT2D eigenvalue weighted by molar-refractivity contribution is 5.86. The van der Waals surface area contributed by atoms with Crippen LogP contribution >= 0.6 is 0 Å². The Hall–Kier alpha value is -2.76. The van der Waals surface area contributed by atoms with E-state index in [-0.39, 0.29) is 5.56 Å². The summed E-state index contributed by atoms with van der Waals surface area (Å²) in [6.07, 6.45) is 2.09. The fraction of sp³-hybridized carbons (Fsp3) is 0.368. The van der Waals surface area contributed by atoms with Crippen LogP contribution in [0.15, 0.2) is 29.1 Å². The summed E-state index contributed by atoms with van der Waals surface area (Å²) < 4.78 is 12.6. The number of methoxy groups -OCH3 is 2. The zero-order chi connectivity index (χ0) is 18.0. The average Bonchev–Trinajstić information content (AvgIpc) is 2.98. The van der Waals surface area contributed by atoms with Gasteiger partial charge in [-0.1, -0.05) is 13.3 Å². The molecule has 132 valence electrons. The number of aromatic amines is 1. The number of unbranched alkanes of at least 4 members (excludes halogenated alkanes) is 1. The largest absolute Gasteiger partial charge is 0.493 e. The zero-order valence-electron chi connectivity index (χ0n) is 15.0. The van der Waals surface area contributed by atoms with Gasteiger partial charge in [-0.3, -0.25) is 9.48 Å². The van der Waals surface area contributed by atoms with E-state index < -0.39 is 0 Å². The predicted molar refractivity (Wildman–Crippen MR) is 98.5 cm³/mol. The first kappa shape index (κ1) is 17.1. The molecule has 0 atom stereocenters. The lowest BCUT2D eigenvalue weighted by molar-refractivity contribution is 0.356. The number of nitrogens with zero attached hydrogens (tertiary/aromatic N) is 2. The van der Waals surface area contributed by atoms with E-state index in [1.54, 1.807) is 20.3 Å². The molecule has 1 aromatic carbocycles. The minimum Gasteiger partial charge on any atom is -0.493 e. The van der Waals surface area contributed by atoms with Crippen molar-refractivity contribution in [2.24, 2.45) is 0 Å². The van der Waals surface area contributed by atoms with Crippen LogP contribution in [0.4, 0.5) is 0 Å². The van der Waals surface area contributed by atoms with E-state index in [0.717, 1.165) is 36.2 Å². The molecule has 0 aliphatic heterocycles. The van der Waals surface area contributed by atoms with Crippen LogP contribution in [0.25, 0.3) is 22.2 Å². The molecule has 2 heterocycles. The van der Waals surface area contributed by atoms with Gasteiger partial charge < -0.3 is 14.5 Å². The lowest BCUT2D eigenvalue weighted by Crippen LogP contribution is -2.12. The Bertz CT molecular complexity index is 956. The average molecular weight is 341 g/mol. The number of H-pyrrole nitrogens is 1. The summed E-state index contributed by atoms with van der Waals surface area (Å²) in [6, 6.07) is 7.48. The number of hydrogen-bond acceptors (Lipinski definition) is 4. The van der Waals surface area contributed by atoms with E-state index in [1.165, 1.54) is 0 Å². The molecule has 3 aromatic rings. The van der Waals surface area contributed by atoms with Crippen LogP contribution in [0.1, 0.15) is 25.5 Å². The Morgan fingerprint density at radius 1 is 1.12 bits per heavy atom. The van der Waals surface area contributed by atoms with Crippen molar-refractivity contribution >= 4 is 10.9 Å². The molecule has 0 radical (unpaired) electrons. The lowest BCUT2D eigenvalue weighted by Gasteiger charge is -2.11. The third-order valence-corrected chi connectivity index (χ3v) is 4.25. The van der Waals surface area contributed by atoms with Crippen LogP contribution < -0.4 is 15.0 Å². The number of ether oxygens (including phenoxy) is 2. The minimum atomic E-state index is -0.141. The number of aromatic nitrogens is 3. The van der Waals surface area contributed by atoms with Crippen molar-refractivity contribution < 1.29 is 9.47 Å². The normalized spacial score (nSPS) is 11.0. The Balaban J connectivity index is 2.17. The second-order valence-corrected chi connectivity index (χ2v) is 6.05. The van der Waals surface area contributed by atoms with Crippen molar-refractivity contribution in [3.8, 4) is 22.8 Å². The van der Waals surface area contributed by atoms with Crippen molar-refractivity contribution in [3.05, 3.63) is 40.3 Å². The summed E-state index contributed by atoms with van der Waals surface area (Å²) in [5, 5.41) is 5.41. The van der Waals surface area contributed by atoms with Crippen LogP contribution in [0.2, 0.25) is 0 Å². The molecule has 6 heteroatoms. The molecule has 0 amide bonds. The molecular weight excluding hydrogens is 318 g/mol. The highest BCUT2D eigenvalue weighted by Gasteiger charge is 2.14. The summed E-state index contributed by atoms with van der Waals surface area (Å²) in [5.74, 6) is 1.21. The van der Waals surface area contributed by atoms with Gasteiger partial charge in [0.05, 0.1) is 36.7 Å². The maximum Gasteiger partial charge on any atom is 0.257 e. The van der Waals surface area contributed by atoms with E-state index in [4.69, 9.17) is 9.47 Å². The smallest absolute Gasteiger partial charge is 0.257 e. The van der Waals surface area contributed by atoms with Gasteiger partial charge in [-0.15, -0.1) is 0 Å². The van der Waals surface area contributed by atoms with Crippen molar-refractivity contribution in [1.82, 2.24) is 14.8 Å². The van der Waals surface area contributed by atoms with E-state index in [2.05, 4.69) is 17.0 Å². The van der Waals surface area contributed by atoms with Gasteiger partial charge in [0.25, 0.3) is 5.56 Å². The van der Waals surface area contributed by atoms with Crippen LogP contribution in [-0.4, -0.2) is 29.0 Å². The number of pyridine rings is 1. The number of benzene rings is 1. The molecule has 0 aliphatic carbocycles. The van der Waals surface area contributed by atoms with Crippen molar-refractivity contribution in [3.63, 3.8) is 0 Å².